The zero-order valence-corrected chi connectivity index (χ0v) is 12.8. The Hall–Kier alpha value is -0.580. The quantitative estimate of drug-likeness (QED) is 0.897. The lowest BCUT2D eigenvalue weighted by molar-refractivity contribution is 0.0693. The van der Waals surface area contributed by atoms with Crippen molar-refractivity contribution >= 4 is 33.4 Å². The molecule has 0 fully saturated rings. The summed E-state index contributed by atoms with van der Waals surface area (Å²) in [5.41, 5.74) is 0.595. The molecule has 1 aromatic carbocycles. The molecule has 0 saturated heterocycles. The zero-order chi connectivity index (χ0) is 13.7. The van der Waals surface area contributed by atoms with E-state index in [2.05, 4.69) is 15.9 Å². The number of aliphatic hydroxyl groups is 1. The fourth-order valence-corrected chi connectivity index (χ4v) is 2.13. The molecule has 0 aromatic heterocycles. The number of nitrogens with zero attached hydrogens (tertiary/aromatic N) is 1. The van der Waals surface area contributed by atoms with Gasteiger partial charge < -0.3 is 10.0 Å². The Balaban J connectivity index is 2.91. The van der Waals surface area contributed by atoms with E-state index in [4.69, 9.17) is 16.7 Å². The van der Waals surface area contributed by atoms with Crippen LogP contribution in [0.15, 0.2) is 22.7 Å². The highest BCUT2D eigenvalue weighted by Crippen LogP contribution is 2.24. The van der Waals surface area contributed by atoms with E-state index in [9.17, 15) is 4.79 Å². The van der Waals surface area contributed by atoms with Crippen molar-refractivity contribution in [3.8, 4) is 0 Å². The van der Waals surface area contributed by atoms with E-state index < -0.39 is 0 Å². The van der Waals surface area contributed by atoms with Gasteiger partial charge in [0, 0.05) is 29.2 Å². The van der Waals surface area contributed by atoms with Gasteiger partial charge in [0.2, 0.25) is 0 Å². The number of benzene rings is 1. The number of halogens is 2. The lowest BCUT2D eigenvalue weighted by Crippen LogP contribution is -2.38. The minimum absolute atomic E-state index is 0.0455. The third kappa shape index (κ3) is 3.97. The summed E-state index contributed by atoms with van der Waals surface area (Å²) in [6, 6.07) is 5.23. The van der Waals surface area contributed by atoms with Crippen molar-refractivity contribution in [3.05, 3.63) is 33.3 Å². The van der Waals surface area contributed by atoms with Crippen LogP contribution in [0.1, 0.15) is 30.6 Å². The van der Waals surface area contributed by atoms with Crippen LogP contribution in [-0.2, 0) is 0 Å². The lowest BCUT2D eigenvalue weighted by atomic mass is 10.1. The number of hydrogen-bond acceptors (Lipinski definition) is 2. The molecule has 18 heavy (non-hydrogen) atoms. The van der Waals surface area contributed by atoms with Gasteiger partial charge in [0.25, 0.3) is 5.91 Å². The monoisotopic (exact) mass is 333 g/mol. The van der Waals surface area contributed by atoms with Gasteiger partial charge in [0.15, 0.2) is 0 Å². The van der Waals surface area contributed by atoms with E-state index in [-0.39, 0.29) is 18.6 Å². The van der Waals surface area contributed by atoms with Crippen LogP contribution in [-0.4, -0.2) is 35.1 Å². The largest absolute Gasteiger partial charge is 0.396 e. The lowest BCUT2D eigenvalue weighted by Gasteiger charge is -2.26. The van der Waals surface area contributed by atoms with Crippen LogP contribution in [0, 0.1) is 0 Å². The summed E-state index contributed by atoms with van der Waals surface area (Å²) in [6.45, 7) is 4.55. The van der Waals surface area contributed by atoms with Gasteiger partial charge in [0.05, 0.1) is 5.02 Å². The van der Waals surface area contributed by atoms with Crippen LogP contribution in [0.5, 0.6) is 0 Å². The average molecular weight is 335 g/mol. The van der Waals surface area contributed by atoms with E-state index in [0.717, 1.165) is 0 Å². The van der Waals surface area contributed by atoms with Crippen LogP contribution in [0.25, 0.3) is 0 Å². The molecule has 3 nitrogen and oxygen atoms in total. The number of hydrogen-bond donors (Lipinski definition) is 1. The van der Waals surface area contributed by atoms with E-state index in [1.165, 1.54) is 0 Å². The molecule has 0 aliphatic rings. The molecule has 0 radical (unpaired) electrons. The summed E-state index contributed by atoms with van der Waals surface area (Å²) in [7, 11) is 0. The van der Waals surface area contributed by atoms with E-state index in [1.807, 2.05) is 13.8 Å². The molecule has 0 atom stereocenters. The van der Waals surface area contributed by atoms with Crippen molar-refractivity contribution in [1.29, 1.82) is 0 Å². The molecular weight excluding hydrogens is 318 g/mol. The highest BCUT2D eigenvalue weighted by atomic mass is 79.9. The number of carbonyl (C=O) groups is 1. The Morgan fingerprint density at radius 3 is 2.67 bits per heavy atom. The van der Waals surface area contributed by atoms with Crippen molar-refractivity contribution in [2.24, 2.45) is 0 Å². The number of carbonyl (C=O) groups excluding carboxylic acids is 1. The molecule has 1 amide bonds. The third-order valence-electron chi connectivity index (χ3n) is 2.61. The van der Waals surface area contributed by atoms with Crippen LogP contribution >= 0.6 is 27.5 Å². The van der Waals surface area contributed by atoms with Gasteiger partial charge in [-0.15, -0.1) is 0 Å². The fourth-order valence-electron chi connectivity index (χ4n) is 1.63. The van der Waals surface area contributed by atoms with Crippen LogP contribution in [0.3, 0.4) is 0 Å². The standard InChI is InChI=1S/C13H17BrClNO2/c1-9(2)16(6-3-7-17)13(18)10-4-5-12(15)11(14)8-10/h4-5,8-9,17H,3,6-7H2,1-2H3. The van der Waals surface area contributed by atoms with E-state index in [1.54, 1.807) is 23.1 Å². The van der Waals surface area contributed by atoms with Crippen molar-refractivity contribution < 1.29 is 9.90 Å². The normalized spacial score (nSPS) is 10.8. The van der Waals surface area contributed by atoms with Gasteiger partial charge >= 0.3 is 0 Å². The molecule has 0 aliphatic carbocycles. The maximum Gasteiger partial charge on any atom is 0.254 e. The minimum Gasteiger partial charge on any atom is -0.396 e. The predicted molar refractivity (Wildman–Crippen MR) is 77.0 cm³/mol. The highest BCUT2D eigenvalue weighted by Gasteiger charge is 2.18. The molecule has 0 bridgehead atoms. The Bertz CT molecular complexity index is 423. The predicted octanol–water partition coefficient (Wildman–Crippen LogP) is 3.34. The number of rotatable bonds is 5. The average Bonchev–Trinajstić information content (AvgIpc) is 2.32. The third-order valence-corrected chi connectivity index (χ3v) is 3.82. The Labute approximate surface area is 121 Å². The van der Waals surface area contributed by atoms with Gasteiger partial charge in [-0.25, -0.2) is 0 Å². The minimum atomic E-state index is -0.0455. The summed E-state index contributed by atoms with van der Waals surface area (Å²) >= 11 is 9.22. The van der Waals surface area contributed by atoms with E-state index >= 15 is 0 Å². The zero-order valence-electron chi connectivity index (χ0n) is 10.5. The maximum atomic E-state index is 12.3. The number of amides is 1. The summed E-state index contributed by atoms with van der Waals surface area (Å²) in [6.07, 6.45) is 0.582. The highest BCUT2D eigenvalue weighted by molar-refractivity contribution is 9.10. The molecule has 1 aromatic rings. The molecule has 0 spiro atoms. The molecule has 100 valence electrons. The molecule has 1 N–H and O–H groups in total. The smallest absolute Gasteiger partial charge is 0.254 e. The first-order valence-electron chi connectivity index (χ1n) is 5.84. The van der Waals surface area contributed by atoms with E-state index in [0.29, 0.717) is 28.0 Å². The summed E-state index contributed by atoms with van der Waals surface area (Å²) in [4.78, 5) is 14.1. The van der Waals surface area contributed by atoms with Crippen LogP contribution in [0.2, 0.25) is 5.02 Å². The second kappa shape index (κ2) is 7.12. The topological polar surface area (TPSA) is 40.5 Å². The Kier molecular flexibility index (Phi) is 6.12. The summed E-state index contributed by atoms with van der Waals surface area (Å²) in [5, 5.41) is 9.45. The van der Waals surface area contributed by atoms with Crippen molar-refractivity contribution in [2.45, 2.75) is 26.3 Å². The molecule has 0 heterocycles. The summed E-state index contributed by atoms with van der Waals surface area (Å²) < 4.78 is 0.709. The fraction of sp³-hybridized carbons (Fsp3) is 0.462. The van der Waals surface area contributed by atoms with Crippen molar-refractivity contribution in [3.63, 3.8) is 0 Å². The van der Waals surface area contributed by atoms with Gasteiger partial charge in [-0.2, -0.15) is 0 Å². The molecule has 0 unspecified atom stereocenters. The molecular formula is C13H17BrClNO2. The summed E-state index contributed by atoms with van der Waals surface area (Å²) in [5.74, 6) is -0.0455. The van der Waals surface area contributed by atoms with Crippen LogP contribution < -0.4 is 0 Å². The molecule has 5 heteroatoms. The van der Waals surface area contributed by atoms with Gasteiger partial charge in [-0.1, -0.05) is 11.6 Å². The van der Waals surface area contributed by atoms with Crippen molar-refractivity contribution in [1.82, 2.24) is 4.90 Å². The second-order valence-corrected chi connectivity index (χ2v) is 5.56. The van der Waals surface area contributed by atoms with Gasteiger partial charge in [-0.05, 0) is 54.4 Å². The Morgan fingerprint density at radius 1 is 1.50 bits per heavy atom. The molecule has 0 aliphatic heterocycles. The molecule has 1 rings (SSSR count). The molecule has 0 saturated carbocycles. The first-order chi connectivity index (χ1) is 8.47. The SMILES string of the molecule is CC(C)N(CCCO)C(=O)c1ccc(Cl)c(Br)c1. The number of aliphatic hydroxyl groups excluding tert-OH is 1. The van der Waals surface area contributed by atoms with Gasteiger partial charge in [-0.3, -0.25) is 4.79 Å². The van der Waals surface area contributed by atoms with Crippen LogP contribution in [0.4, 0.5) is 0 Å². The van der Waals surface area contributed by atoms with Gasteiger partial charge in [0.1, 0.15) is 0 Å². The second-order valence-electron chi connectivity index (χ2n) is 4.30. The first kappa shape index (κ1) is 15.5. The van der Waals surface area contributed by atoms with Crippen molar-refractivity contribution in [2.75, 3.05) is 13.2 Å². The Morgan fingerprint density at radius 2 is 2.17 bits per heavy atom. The first-order valence-corrected chi connectivity index (χ1v) is 7.01. The maximum absolute atomic E-state index is 12.3.